The Kier molecular flexibility index (Phi) is 24.0. The molecule has 0 unspecified atom stereocenters. The van der Waals surface area contributed by atoms with Crippen molar-refractivity contribution in [3.05, 3.63) is 155 Å². The summed E-state index contributed by atoms with van der Waals surface area (Å²) in [5.41, 5.74) is 5.05. The SMILES string of the molecule is O=S(=O)([O-])c1ccccc1.O=S(=O)([O-])c1ccccc1.[2H]C([2H])([2H])[N@+]1(CCC(=O)OCCCCCOC(=O)CCOC(=O)CC[N@@+]2(C([2H])([2H])[2H])CCc3cc(OC)c(OC)cc3[C@H]2Cc2ccc(OC)c(OC)c2)CCc2cc(OC)c(OC)cc2[C@H]1Cc1ccc(OC)c(OC)c1. The number of hydrogen-bond acceptors (Lipinski definition) is 20. The third kappa shape index (κ3) is 20.4. The van der Waals surface area contributed by atoms with Gasteiger partial charge in [-0.2, -0.15) is 0 Å². The highest BCUT2D eigenvalue weighted by Gasteiger charge is 2.42. The van der Waals surface area contributed by atoms with Crippen molar-refractivity contribution in [2.24, 2.45) is 0 Å². The molecule has 0 N–H and O–H groups in total. The molecular formula is C68H86N2O20S2. The van der Waals surface area contributed by atoms with Gasteiger partial charge in [0.25, 0.3) is 0 Å². The standard InChI is InChI=1S/C56H76N2O14.2C6H6O3S/c1-57(23-18-40-34-50(66-7)52(68-9)36-42(40)44(57)30-38-14-16-46(62-3)48(32-38)64-5)25-20-54(59)70-27-12-11-13-28-71-56(61)22-29-72-55(60)21-26-58(2)24-19-41-35-51(67-8)53(69-10)37-43(41)45(58)31-39-15-17-47(63-4)49(33-39)65-6;2*7-10(8,9)6-4-2-1-3-5-6/h14-17,32-37,44-45H,11-13,18-31H2,1-10H3;2*1-5H,(H,7,8,9)/q+2;;/p-2/t44-,45-,57-,58-;;/m1../s1/i1D3,2D3;;. The normalized spacial score (nSPS) is 18.5. The second-order valence-corrected chi connectivity index (χ2v) is 24.4. The van der Waals surface area contributed by atoms with Crippen LogP contribution in [0.15, 0.2) is 131 Å². The Morgan fingerprint density at radius 3 is 1.11 bits per heavy atom. The largest absolute Gasteiger partial charge is 0.744 e. The number of unbranched alkanes of at least 4 members (excludes halogenated alkanes) is 2. The van der Waals surface area contributed by atoms with Crippen LogP contribution >= 0.6 is 0 Å². The number of methoxy groups -OCH3 is 8. The van der Waals surface area contributed by atoms with Crippen molar-refractivity contribution in [3.8, 4) is 46.0 Å². The van der Waals surface area contributed by atoms with Crippen molar-refractivity contribution in [2.45, 2.75) is 86.1 Å². The number of hydrogen-bond donors (Lipinski definition) is 0. The fraction of sp³-hybridized carbons (Fsp3) is 0.426. The first-order chi connectivity index (χ1) is 46.5. The lowest BCUT2D eigenvalue weighted by Gasteiger charge is -2.46. The van der Waals surface area contributed by atoms with Crippen molar-refractivity contribution in [3.63, 3.8) is 0 Å². The second-order valence-electron chi connectivity index (χ2n) is 21.6. The van der Waals surface area contributed by atoms with Crippen LogP contribution in [-0.2, 0) is 74.5 Å². The van der Waals surface area contributed by atoms with E-state index in [4.69, 9.17) is 60.3 Å². The molecule has 24 heteroatoms. The Morgan fingerprint density at radius 2 is 0.772 bits per heavy atom. The summed E-state index contributed by atoms with van der Waals surface area (Å²) in [6.45, 7) is -4.73. The van der Waals surface area contributed by atoms with Gasteiger partial charge in [-0.3, -0.25) is 14.4 Å². The van der Waals surface area contributed by atoms with Gasteiger partial charge in [-0.1, -0.05) is 48.5 Å². The van der Waals surface area contributed by atoms with Crippen LogP contribution in [0.25, 0.3) is 0 Å². The molecule has 500 valence electrons. The minimum Gasteiger partial charge on any atom is -0.744 e. The molecule has 6 aromatic carbocycles. The number of quaternary nitrogens is 2. The Morgan fingerprint density at radius 1 is 0.435 bits per heavy atom. The molecule has 2 heterocycles. The number of carbonyl (C=O) groups excluding carboxylic acids is 3. The van der Waals surface area contributed by atoms with Crippen LogP contribution in [0.5, 0.6) is 46.0 Å². The zero-order valence-electron chi connectivity index (χ0n) is 59.1. The van der Waals surface area contributed by atoms with Crippen LogP contribution in [0.1, 0.15) is 92.2 Å². The Labute approximate surface area is 549 Å². The number of nitrogens with zero attached hydrogens (tertiary/aromatic N) is 2. The highest BCUT2D eigenvalue weighted by atomic mass is 32.2. The summed E-state index contributed by atoms with van der Waals surface area (Å²) >= 11 is 0. The first-order valence-corrected chi connectivity index (χ1v) is 32.4. The molecule has 0 aromatic heterocycles. The summed E-state index contributed by atoms with van der Waals surface area (Å²) in [7, 11) is 3.81. The van der Waals surface area contributed by atoms with Gasteiger partial charge in [-0.15, -0.1) is 0 Å². The molecule has 0 radical (unpaired) electrons. The molecule has 0 saturated carbocycles. The number of esters is 3. The van der Waals surface area contributed by atoms with Crippen LogP contribution in [0.2, 0.25) is 0 Å². The van der Waals surface area contributed by atoms with E-state index in [9.17, 15) is 40.3 Å². The number of ether oxygens (including phenoxy) is 11. The monoisotopic (exact) mass is 1320 g/mol. The average Bonchev–Trinajstić information content (AvgIpc) is 0.738. The van der Waals surface area contributed by atoms with Gasteiger partial charge >= 0.3 is 17.9 Å². The number of fused-ring (bicyclic) bond motifs is 2. The molecule has 92 heavy (non-hydrogen) atoms. The van der Waals surface area contributed by atoms with Gasteiger partial charge in [-0.05, 0) is 114 Å². The van der Waals surface area contributed by atoms with Crippen LogP contribution in [0.3, 0.4) is 0 Å². The third-order valence-electron chi connectivity index (χ3n) is 15.9. The summed E-state index contributed by atoms with van der Waals surface area (Å²) in [4.78, 5) is 38.8. The maximum absolute atomic E-state index is 13.3. The molecule has 0 fully saturated rings. The third-order valence-corrected chi connectivity index (χ3v) is 17.6. The van der Waals surface area contributed by atoms with E-state index < -0.39 is 68.7 Å². The lowest BCUT2D eigenvalue weighted by molar-refractivity contribution is -0.940. The highest BCUT2D eigenvalue weighted by Crippen LogP contribution is 2.45. The fourth-order valence-corrected chi connectivity index (χ4v) is 11.9. The van der Waals surface area contributed by atoms with Crippen molar-refractivity contribution >= 4 is 38.1 Å². The number of likely N-dealkylation sites (N-methyl/N-ethyl adjacent to an activating group) is 2. The van der Waals surface area contributed by atoms with Crippen LogP contribution in [0, 0.1) is 0 Å². The second kappa shape index (κ2) is 34.5. The molecule has 0 saturated heterocycles. The van der Waals surface area contributed by atoms with Gasteiger partial charge in [-0.25, -0.2) is 16.8 Å². The van der Waals surface area contributed by atoms with Crippen molar-refractivity contribution in [2.75, 3.05) is 117 Å². The Balaban J connectivity index is 0.000000644. The van der Waals surface area contributed by atoms with E-state index >= 15 is 0 Å². The van der Waals surface area contributed by atoms with Crippen molar-refractivity contribution in [1.82, 2.24) is 0 Å². The average molecular weight is 1320 g/mol. The van der Waals surface area contributed by atoms with Crippen LogP contribution in [0.4, 0.5) is 0 Å². The quantitative estimate of drug-likeness (QED) is 0.0139. The van der Waals surface area contributed by atoms with E-state index in [0.717, 1.165) is 33.4 Å². The minimum atomic E-state index is -4.25. The van der Waals surface area contributed by atoms with Gasteiger partial charge in [0.2, 0.25) is 0 Å². The molecular weight excluding hydrogens is 1230 g/mol. The van der Waals surface area contributed by atoms with Gasteiger partial charge in [0.1, 0.15) is 38.9 Å². The zero-order valence-corrected chi connectivity index (χ0v) is 54.7. The molecule has 0 spiro atoms. The molecule has 22 nitrogen and oxygen atoms in total. The van der Waals surface area contributed by atoms with Gasteiger partial charge in [0.15, 0.2) is 46.0 Å². The van der Waals surface area contributed by atoms with Gasteiger partial charge < -0.3 is 70.2 Å². The first-order valence-electron chi connectivity index (χ1n) is 32.6. The van der Waals surface area contributed by atoms with Crippen LogP contribution in [-0.4, -0.2) is 170 Å². The molecule has 2 aliphatic heterocycles. The smallest absolute Gasteiger partial charge is 0.311 e. The van der Waals surface area contributed by atoms with E-state index in [-0.39, 0.29) is 86.0 Å². The molecule has 4 atom stereocenters. The van der Waals surface area contributed by atoms with Crippen molar-refractivity contribution < 1.29 is 110 Å². The topological polar surface area (TPSA) is 267 Å². The highest BCUT2D eigenvalue weighted by molar-refractivity contribution is 7.86. The maximum Gasteiger partial charge on any atom is 0.311 e. The lowest BCUT2D eigenvalue weighted by atomic mass is 9.86. The molecule has 0 aliphatic carbocycles. The van der Waals surface area contributed by atoms with E-state index in [1.54, 1.807) is 52.7 Å². The number of rotatable bonds is 29. The fourth-order valence-electron chi connectivity index (χ4n) is 11.0. The molecule has 0 amide bonds. The predicted octanol–water partition coefficient (Wildman–Crippen LogP) is 9.18. The molecule has 6 aromatic rings. The Bertz CT molecular complexity index is 3800. The molecule has 0 bridgehead atoms. The summed E-state index contributed by atoms with van der Waals surface area (Å²) in [6, 6.07) is 31.5. The molecule has 2 aliphatic rings. The maximum atomic E-state index is 13.3. The van der Waals surface area contributed by atoms with Crippen LogP contribution < -0.4 is 37.9 Å². The van der Waals surface area contributed by atoms with E-state index in [2.05, 4.69) is 0 Å². The first kappa shape index (κ1) is 64.0. The molecule has 8 rings (SSSR count). The van der Waals surface area contributed by atoms with Gasteiger partial charge in [0.05, 0.1) is 148 Å². The summed E-state index contributed by atoms with van der Waals surface area (Å²) < 4.78 is 175. The zero-order chi connectivity index (χ0) is 72.1. The number of benzene rings is 6. The predicted molar refractivity (Wildman–Crippen MR) is 340 cm³/mol. The van der Waals surface area contributed by atoms with Gasteiger partial charge in [0, 0.05) is 36.8 Å². The van der Waals surface area contributed by atoms with E-state index in [1.807, 2.05) is 48.5 Å². The summed E-state index contributed by atoms with van der Waals surface area (Å²) in [5, 5.41) is 0. The summed E-state index contributed by atoms with van der Waals surface area (Å²) in [6.07, 6.45) is 2.43. The van der Waals surface area contributed by atoms with E-state index in [1.165, 1.54) is 77.0 Å². The van der Waals surface area contributed by atoms with E-state index in [0.29, 0.717) is 84.5 Å². The minimum absolute atomic E-state index is 0.00189. The Hall–Kier alpha value is -8.13. The summed E-state index contributed by atoms with van der Waals surface area (Å²) in [5.74, 6) is 2.35. The number of carbonyl (C=O) groups is 3. The van der Waals surface area contributed by atoms with Crippen molar-refractivity contribution in [1.29, 1.82) is 0 Å². The lowest BCUT2D eigenvalue weighted by Crippen LogP contribution is -2.53.